The molecule has 0 spiro atoms. The van der Waals surface area contributed by atoms with E-state index in [0.29, 0.717) is 0 Å². The van der Waals surface area contributed by atoms with Crippen LogP contribution in [0.25, 0.3) is 11.3 Å². The van der Waals surface area contributed by atoms with E-state index >= 15 is 0 Å². The number of fused-ring (bicyclic) bond motifs is 1. The zero-order valence-corrected chi connectivity index (χ0v) is 9.33. The first-order valence-corrected chi connectivity index (χ1v) is 5.52. The molecular formula is C12H10ClN3. The van der Waals surface area contributed by atoms with Gasteiger partial charge in [0.05, 0.1) is 11.4 Å². The standard InChI is InChI=1S/C12H10ClN3/c13-9-3-1-8(2-4-9)12-10-5-14-6-11(10)15-7-16-12/h1-4,7,14H,5-6H2. The number of hydrogen-bond donors (Lipinski definition) is 1. The van der Waals surface area contributed by atoms with Crippen molar-refractivity contribution in [2.45, 2.75) is 13.1 Å². The van der Waals surface area contributed by atoms with Gasteiger partial charge in [0.15, 0.2) is 0 Å². The highest BCUT2D eigenvalue weighted by atomic mass is 35.5. The smallest absolute Gasteiger partial charge is 0.116 e. The molecule has 0 bridgehead atoms. The van der Waals surface area contributed by atoms with Crippen LogP contribution in [0.3, 0.4) is 0 Å². The fourth-order valence-electron chi connectivity index (χ4n) is 1.95. The minimum absolute atomic E-state index is 0.743. The van der Waals surface area contributed by atoms with E-state index in [-0.39, 0.29) is 0 Å². The molecule has 0 fully saturated rings. The molecule has 0 atom stereocenters. The molecule has 1 aliphatic heterocycles. The molecule has 80 valence electrons. The van der Waals surface area contributed by atoms with Crippen molar-refractivity contribution in [1.29, 1.82) is 0 Å². The molecule has 2 aromatic rings. The van der Waals surface area contributed by atoms with Gasteiger partial charge in [0.1, 0.15) is 6.33 Å². The van der Waals surface area contributed by atoms with Crippen molar-refractivity contribution >= 4 is 11.6 Å². The molecule has 1 aromatic carbocycles. The number of nitrogens with one attached hydrogen (secondary N) is 1. The maximum Gasteiger partial charge on any atom is 0.116 e. The minimum atomic E-state index is 0.743. The first-order chi connectivity index (χ1) is 7.84. The summed E-state index contributed by atoms with van der Waals surface area (Å²) in [5.74, 6) is 0. The van der Waals surface area contributed by atoms with Gasteiger partial charge in [-0.15, -0.1) is 0 Å². The van der Waals surface area contributed by atoms with Gasteiger partial charge in [0, 0.05) is 29.2 Å². The first-order valence-electron chi connectivity index (χ1n) is 5.14. The van der Waals surface area contributed by atoms with Crippen LogP contribution in [0, 0.1) is 0 Å². The maximum atomic E-state index is 5.87. The molecule has 0 unspecified atom stereocenters. The monoisotopic (exact) mass is 231 g/mol. The Balaban J connectivity index is 2.13. The average molecular weight is 232 g/mol. The summed E-state index contributed by atoms with van der Waals surface area (Å²) in [6, 6.07) is 7.74. The summed E-state index contributed by atoms with van der Waals surface area (Å²) < 4.78 is 0. The van der Waals surface area contributed by atoms with Crippen molar-refractivity contribution in [1.82, 2.24) is 15.3 Å². The lowest BCUT2D eigenvalue weighted by Gasteiger charge is -2.05. The van der Waals surface area contributed by atoms with Crippen LogP contribution in [0.5, 0.6) is 0 Å². The second kappa shape index (κ2) is 3.85. The summed E-state index contributed by atoms with van der Waals surface area (Å²) in [7, 11) is 0. The van der Waals surface area contributed by atoms with Gasteiger partial charge >= 0.3 is 0 Å². The van der Waals surface area contributed by atoms with Crippen LogP contribution in [0.4, 0.5) is 0 Å². The van der Waals surface area contributed by atoms with Gasteiger partial charge in [-0.1, -0.05) is 23.7 Å². The molecule has 0 amide bonds. The molecular weight excluding hydrogens is 222 g/mol. The predicted molar refractivity (Wildman–Crippen MR) is 63.0 cm³/mol. The lowest BCUT2D eigenvalue weighted by molar-refractivity contribution is 0.758. The zero-order chi connectivity index (χ0) is 11.0. The van der Waals surface area contributed by atoms with E-state index < -0.39 is 0 Å². The lowest BCUT2D eigenvalue weighted by atomic mass is 10.1. The van der Waals surface area contributed by atoms with Crippen molar-refractivity contribution in [2.24, 2.45) is 0 Å². The SMILES string of the molecule is Clc1ccc(-c2ncnc3c2CNC3)cc1. The van der Waals surface area contributed by atoms with Crippen LogP contribution in [0.1, 0.15) is 11.3 Å². The Labute approximate surface area is 98.5 Å². The Hall–Kier alpha value is -1.45. The number of benzene rings is 1. The fraction of sp³-hybridized carbons (Fsp3) is 0.167. The van der Waals surface area contributed by atoms with Gasteiger partial charge < -0.3 is 5.32 Å². The van der Waals surface area contributed by atoms with E-state index in [9.17, 15) is 0 Å². The van der Waals surface area contributed by atoms with Gasteiger partial charge in [-0.05, 0) is 12.1 Å². The first kappa shape index (κ1) is 9.75. The molecule has 3 nitrogen and oxygen atoms in total. The van der Waals surface area contributed by atoms with Gasteiger partial charge in [0.2, 0.25) is 0 Å². The Bertz CT molecular complexity index is 522. The van der Waals surface area contributed by atoms with E-state index in [0.717, 1.165) is 35.1 Å². The summed E-state index contributed by atoms with van der Waals surface area (Å²) in [6.07, 6.45) is 1.62. The van der Waals surface area contributed by atoms with Gasteiger partial charge in [0.25, 0.3) is 0 Å². The third kappa shape index (κ3) is 1.58. The highest BCUT2D eigenvalue weighted by molar-refractivity contribution is 6.30. The Kier molecular flexibility index (Phi) is 2.35. The molecule has 16 heavy (non-hydrogen) atoms. The summed E-state index contributed by atoms with van der Waals surface area (Å²) in [6.45, 7) is 1.67. The number of rotatable bonds is 1. The zero-order valence-electron chi connectivity index (χ0n) is 8.57. The summed E-state index contributed by atoms with van der Waals surface area (Å²) in [5, 5.41) is 4.02. The van der Waals surface area contributed by atoms with Crippen LogP contribution in [-0.4, -0.2) is 9.97 Å². The molecule has 0 aliphatic carbocycles. The molecule has 2 heterocycles. The van der Waals surface area contributed by atoms with Crippen molar-refractivity contribution in [3.63, 3.8) is 0 Å². The van der Waals surface area contributed by atoms with Crippen LogP contribution in [-0.2, 0) is 13.1 Å². The summed E-state index contributed by atoms with van der Waals surface area (Å²) in [4.78, 5) is 8.62. The quantitative estimate of drug-likeness (QED) is 0.819. The molecule has 0 radical (unpaired) electrons. The predicted octanol–water partition coefficient (Wildman–Crippen LogP) is 2.40. The largest absolute Gasteiger partial charge is 0.307 e. The fourth-order valence-corrected chi connectivity index (χ4v) is 2.08. The highest BCUT2D eigenvalue weighted by Crippen LogP contribution is 2.26. The number of aromatic nitrogens is 2. The molecule has 1 aliphatic rings. The molecule has 3 rings (SSSR count). The van der Waals surface area contributed by atoms with Crippen molar-refractivity contribution < 1.29 is 0 Å². The van der Waals surface area contributed by atoms with Gasteiger partial charge in [-0.25, -0.2) is 9.97 Å². The summed E-state index contributed by atoms with van der Waals surface area (Å²) in [5.41, 5.74) is 4.39. The molecule has 0 saturated heterocycles. The van der Waals surface area contributed by atoms with Crippen molar-refractivity contribution in [3.8, 4) is 11.3 Å². The van der Waals surface area contributed by atoms with Crippen LogP contribution in [0.2, 0.25) is 5.02 Å². The molecule has 0 saturated carbocycles. The second-order valence-corrected chi connectivity index (χ2v) is 4.19. The number of halogens is 1. The maximum absolute atomic E-state index is 5.87. The van der Waals surface area contributed by atoms with Crippen molar-refractivity contribution in [2.75, 3.05) is 0 Å². The van der Waals surface area contributed by atoms with E-state index in [1.165, 1.54) is 5.56 Å². The molecule has 4 heteroatoms. The lowest BCUT2D eigenvalue weighted by Crippen LogP contribution is -2.00. The van der Waals surface area contributed by atoms with Gasteiger partial charge in [-0.3, -0.25) is 0 Å². The van der Waals surface area contributed by atoms with E-state index in [1.807, 2.05) is 24.3 Å². The number of hydrogen-bond acceptors (Lipinski definition) is 3. The van der Waals surface area contributed by atoms with Crippen LogP contribution >= 0.6 is 11.6 Å². The molecule has 1 aromatic heterocycles. The Morgan fingerprint density at radius 1 is 1.06 bits per heavy atom. The second-order valence-electron chi connectivity index (χ2n) is 3.76. The molecule has 1 N–H and O–H groups in total. The highest BCUT2D eigenvalue weighted by Gasteiger charge is 2.17. The Morgan fingerprint density at radius 2 is 1.88 bits per heavy atom. The number of nitrogens with zero attached hydrogens (tertiary/aromatic N) is 2. The van der Waals surface area contributed by atoms with E-state index in [4.69, 9.17) is 11.6 Å². The van der Waals surface area contributed by atoms with Crippen LogP contribution < -0.4 is 5.32 Å². The topological polar surface area (TPSA) is 37.8 Å². The average Bonchev–Trinajstić information content (AvgIpc) is 2.78. The van der Waals surface area contributed by atoms with Gasteiger partial charge in [-0.2, -0.15) is 0 Å². The van der Waals surface area contributed by atoms with E-state index in [2.05, 4.69) is 15.3 Å². The minimum Gasteiger partial charge on any atom is -0.307 e. The van der Waals surface area contributed by atoms with Crippen LogP contribution in [0.15, 0.2) is 30.6 Å². The van der Waals surface area contributed by atoms with E-state index in [1.54, 1.807) is 6.33 Å². The third-order valence-electron chi connectivity index (χ3n) is 2.75. The third-order valence-corrected chi connectivity index (χ3v) is 3.00. The van der Waals surface area contributed by atoms with Crippen molar-refractivity contribution in [3.05, 3.63) is 46.9 Å². The summed E-state index contributed by atoms with van der Waals surface area (Å²) >= 11 is 5.87. The Morgan fingerprint density at radius 3 is 2.69 bits per heavy atom. The normalized spacial score (nSPS) is 13.8.